The number of hydrogen-bond acceptors (Lipinski definition) is 0. The summed E-state index contributed by atoms with van der Waals surface area (Å²) in [5.74, 6) is 0.183. The molecule has 1 unspecified atom stereocenters. The first-order valence-corrected chi connectivity index (χ1v) is 7.54. The number of nitrogens with one attached hydrogen (secondary N) is 1. The second-order valence-corrected chi connectivity index (χ2v) is 5.57. The Morgan fingerprint density at radius 3 is 2.36 bits per heavy atom. The monoisotopic (exact) mass is 283 g/mol. The maximum Gasteiger partial charge on any atom is 0.0457 e. The zero-order valence-electron chi connectivity index (χ0n) is 12.3. The highest BCUT2D eigenvalue weighted by atomic mass is 14.7. The molecule has 1 heterocycles. The molecule has 4 aromatic rings. The minimum atomic E-state index is 0.183. The van der Waals surface area contributed by atoms with E-state index in [2.05, 4.69) is 84.5 Å². The van der Waals surface area contributed by atoms with Gasteiger partial charge in [0.1, 0.15) is 0 Å². The number of benzene rings is 3. The van der Waals surface area contributed by atoms with Crippen LogP contribution in [0.2, 0.25) is 0 Å². The van der Waals surface area contributed by atoms with Gasteiger partial charge in [0.15, 0.2) is 0 Å². The molecule has 0 bridgehead atoms. The number of para-hydroxylation sites is 1. The molecular formula is C21H17N. The van der Waals surface area contributed by atoms with E-state index in [1.54, 1.807) is 0 Å². The summed E-state index contributed by atoms with van der Waals surface area (Å²) < 4.78 is 0. The number of fused-ring (bicyclic) bond motifs is 2. The summed E-state index contributed by atoms with van der Waals surface area (Å²) in [6.07, 6.45) is 4.15. The van der Waals surface area contributed by atoms with Crippen molar-refractivity contribution in [2.75, 3.05) is 0 Å². The van der Waals surface area contributed by atoms with Crippen molar-refractivity contribution in [1.82, 2.24) is 4.98 Å². The summed E-state index contributed by atoms with van der Waals surface area (Å²) in [7, 11) is 0. The first kappa shape index (κ1) is 12.9. The quantitative estimate of drug-likeness (QED) is 0.468. The minimum Gasteiger partial charge on any atom is -0.361 e. The third-order valence-electron chi connectivity index (χ3n) is 4.35. The molecule has 4 rings (SSSR count). The Morgan fingerprint density at radius 2 is 1.50 bits per heavy atom. The molecule has 0 aliphatic carbocycles. The molecule has 106 valence electrons. The van der Waals surface area contributed by atoms with Gasteiger partial charge in [0, 0.05) is 23.0 Å². The van der Waals surface area contributed by atoms with E-state index in [4.69, 9.17) is 0 Å². The van der Waals surface area contributed by atoms with Crippen LogP contribution in [0.1, 0.15) is 17.0 Å². The molecule has 1 atom stereocenters. The van der Waals surface area contributed by atoms with Crippen LogP contribution in [0.25, 0.3) is 21.7 Å². The fourth-order valence-corrected chi connectivity index (χ4v) is 3.29. The highest BCUT2D eigenvalue weighted by molar-refractivity contribution is 5.89. The zero-order valence-corrected chi connectivity index (χ0v) is 12.3. The van der Waals surface area contributed by atoms with E-state index in [9.17, 15) is 0 Å². The van der Waals surface area contributed by atoms with Gasteiger partial charge >= 0.3 is 0 Å². The Balaban J connectivity index is 1.97. The lowest BCUT2D eigenvalue weighted by Gasteiger charge is -2.15. The molecule has 1 N–H and O–H groups in total. The van der Waals surface area contributed by atoms with E-state index in [0.717, 1.165) is 0 Å². The van der Waals surface area contributed by atoms with Crippen LogP contribution in [0.5, 0.6) is 0 Å². The van der Waals surface area contributed by atoms with Crippen molar-refractivity contribution in [2.45, 2.75) is 5.92 Å². The van der Waals surface area contributed by atoms with Gasteiger partial charge < -0.3 is 4.98 Å². The van der Waals surface area contributed by atoms with E-state index in [1.807, 2.05) is 6.08 Å². The van der Waals surface area contributed by atoms with Gasteiger partial charge in [-0.1, -0.05) is 66.7 Å². The van der Waals surface area contributed by atoms with Crippen LogP contribution in [-0.4, -0.2) is 4.98 Å². The topological polar surface area (TPSA) is 15.8 Å². The predicted octanol–water partition coefficient (Wildman–Crippen LogP) is 5.64. The van der Waals surface area contributed by atoms with Crippen LogP contribution in [0.15, 0.2) is 85.6 Å². The van der Waals surface area contributed by atoms with Crippen LogP contribution in [0.3, 0.4) is 0 Å². The van der Waals surface area contributed by atoms with E-state index in [0.29, 0.717) is 0 Å². The van der Waals surface area contributed by atoms with Crippen LogP contribution >= 0.6 is 0 Å². The molecule has 0 spiro atoms. The van der Waals surface area contributed by atoms with Crippen molar-refractivity contribution in [3.63, 3.8) is 0 Å². The van der Waals surface area contributed by atoms with Gasteiger partial charge in [0.05, 0.1) is 0 Å². The minimum absolute atomic E-state index is 0.183. The second kappa shape index (κ2) is 5.19. The lowest BCUT2D eigenvalue weighted by atomic mass is 9.88. The van der Waals surface area contributed by atoms with Crippen molar-refractivity contribution < 1.29 is 0 Å². The van der Waals surface area contributed by atoms with E-state index < -0.39 is 0 Å². The summed E-state index contributed by atoms with van der Waals surface area (Å²) in [4.78, 5) is 3.37. The highest BCUT2D eigenvalue weighted by Gasteiger charge is 2.16. The van der Waals surface area contributed by atoms with Crippen molar-refractivity contribution in [3.05, 3.63) is 96.7 Å². The van der Waals surface area contributed by atoms with E-state index >= 15 is 0 Å². The van der Waals surface area contributed by atoms with Crippen LogP contribution < -0.4 is 0 Å². The number of aromatic nitrogens is 1. The second-order valence-electron chi connectivity index (χ2n) is 5.57. The lowest BCUT2D eigenvalue weighted by Crippen LogP contribution is -1.97. The fraction of sp³-hybridized carbons (Fsp3) is 0.0476. The molecule has 1 nitrogen and oxygen atoms in total. The Kier molecular flexibility index (Phi) is 3.05. The predicted molar refractivity (Wildman–Crippen MR) is 94.3 cm³/mol. The van der Waals surface area contributed by atoms with Gasteiger partial charge in [-0.15, -0.1) is 6.58 Å². The molecule has 0 amide bonds. The Hall–Kier alpha value is -2.80. The zero-order chi connectivity index (χ0) is 14.9. The molecule has 0 aliphatic rings. The van der Waals surface area contributed by atoms with Gasteiger partial charge in [-0.2, -0.15) is 0 Å². The molecule has 22 heavy (non-hydrogen) atoms. The number of aromatic amines is 1. The molecule has 3 aromatic carbocycles. The maximum absolute atomic E-state index is 4.09. The fourth-order valence-electron chi connectivity index (χ4n) is 3.29. The van der Waals surface area contributed by atoms with Crippen LogP contribution in [0, 0.1) is 0 Å². The smallest absolute Gasteiger partial charge is 0.0457 e. The first-order valence-electron chi connectivity index (χ1n) is 7.54. The first-order chi connectivity index (χ1) is 10.9. The molecular weight excluding hydrogens is 266 g/mol. The standard InChI is InChI=1S/C21H17N/c1-2-16(20-14-22-21-13-6-5-11-19(20)21)18-12-7-9-15-8-3-4-10-17(15)18/h2-14,16,22H,1H2. The molecule has 0 radical (unpaired) electrons. The van der Waals surface area contributed by atoms with Gasteiger partial charge in [0.2, 0.25) is 0 Å². The molecule has 0 fully saturated rings. The van der Waals surface area contributed by atoms with Crippen LogP contribution in [-0.2, 0) is 0 Å². The molecule has 1 heteroatoms. The van der Waals surface area contributed by atoms with Crippen molar-refractivity contribution in [1.29, 1.82) is 0 Å². The molecule has 0 saturated carbocycles. The average Bonchev–Trinajstić information content (AvgIpc) is 3.00. The summed E-state index contributed by atoms with van der Waals surface area (Å²) in [5.41, 5.74) is 3.75. The van der Waals surface area contributed by atoms with E-state index in [-0.39, 0.29) is 5.92 Å². The largest absolute Gasteiger partial charge is 0.361 e. The molecule has 0 aliphatic heterocycles. The van der Waals surface area contributed by atoms with Crippen molar-refractivity contribution in [2.24, 2.45) is 0 Å². The summed E-state index contributed by atoms with van der Waals surface area (Å²) in [6.45, 7) is 4.09. The maximum atomic E-state index is 4.09. The normalized spacial score (nSPS) is 12.5. The average molecular weight is 283 g/mol. The molecule has 1 aromatic heterocycles. The molecule has 0 saturated heterocycles. The number of hydrogen-bond donors (Lipinski definition) is 1. The SMILES string of the molecule is C=CC(c1cccc2ccccc12)c1c[nH]c2ccccc12. The number of allylic oxidation sites excluding steroid dienone is 1. The number of H-pyrrole nitrogens is 1. The Labute approximate surface area is 129 Å². The van der Waals surface area contributed by atoms with Gasteiger partial charge in [-0.05, 0) is 28.0 Å². The summed E-state index contributed by atoms with van der Waals surface area (Å²) in [6, 6.07) is 23.5. The van der Waals surface area contributed by atoms with Crippen molar-refractivity contribution >= 4 is 21.7 Å². The van der Waals surface area contributed by atoms with Gasteiger partial charge in [-0.25, -0.2) is 0 Å². The summed E-state index contributed by atoms with van der Waals surface area (Å²) >= 11 is 0. The van der Waals surface area contributed by atoms with E-state index in [1.165, 1.54) is 32.8 Å². The van der Waals surface area contributed by atoms with Crippen molar-refractivity contribution in [3.8, 4) is 0 Å². The Morgan fingerprint density at radius 1 is 0.773 bits per heavy atom. The van der Waals surface area contributed by atoms with Gasteiger partial charge in [0.25, 0.3) is 0 Å². The van der Waals surface area contributed by atoms with Gasteiger partial charge in [-0.3, -0.25) is 0 Å². The third-order valence-corrected chi connectivity index (χ3v) is 4.35. The Bertz CT molecular complexity index is 956. The summed E-state index contributed by atoms with van der Waals surface area (Å²) in [5, 5.41) is 3.83. The lowest BCUT2D eigenvalue weighted by molar-refractivity contribution is 1.06. The third kappa shape index (κ3) is 1.94. The van der Waals surface area contributed by atoms with Crippen LogP contribution in [0.4, 0.5) is 0 Å². The number of rotatable bonds is 3. The highest BCUT2D eigenvalue weighted by Crippen LogP contribution is 2.35.